The molecule has 2 rings (SSSR count). The fourth-order valence-electron chi connectivity index (χ4n) is 1.59. The van der Waals surface area contributed by atoms with Crippen LogP contribution >= 0.6 is 11.6 Å². The average molecular weight is 311 g/mol. The van der Waals surface area contributed by atoms with Crippen LogP contribution in [0.25, 0.3) is 0 Å². The van der Waals surface area contributed by atoms with Gasteiger partial charge in [-0.3, -0.25) is 14.9 Å². The molecule has 2 aromatic rings. The number of carbonyl (C=O) groups excluding carboxylic acids is 1. The van der Waals surface area contributed by atoms with Gasteiger partial charge in [-0.15, -0.1) is 10.2 Å². The summed E-state index contributed by atoms with van der Waals surface area (Å²) >= 11 is 5.55. The third kappa shape index (κ3) is 3.29. The number of benzene rings is 1. The quantitative estimate of drug-likeness (QED) is 0.694. The molecular weight excluding hydrogens is 303 g/mol. The minimum Gasteiger partial charge on any atom is -0.305 e. The minimum absolute atomic E-state index is 0.00320. The van der Waals surface area contributed by atoms with E-state index in [0.717, 1.165) is 12.1 Å². The van der Waals surface area contributed by atoms with Gasteiger partial charge in [-0.25, -0.2) is 4.39 Å². The van der Waals surface area contributed by atoms with Crippen molar-refractivity contribution in [2.24, 2.45) is 0 Å². The van der Waals surface area contributed by atoms with Gasteiger partial charge in [0.15, 0.2) is 11.0 Å². The standard InChI is InChI=1S/C12H8ClFN4O3/c1-6-4-7(18(20)21)5-8(11(6)14)12(19)15-10-3-2-9(13)16-17-10/h2-5H,1H3,(H,15,17,19). The van der Waals surface area contributed by atoms with Crippen molar-refractivity contribution in [2.45, 2.75) is 6.92 Å². The second kappa shape index (κ2) is 5.80. The highest BCUT2D eigenvalue weighted by Crippen LogP contribution is 2.21. The van der Waals surface area contributed by atoms with Gasteiger partial charge in [0.05, 0.1) is 10.5 Å². The van der Waals surface area contributed by atoms with Crippen molar-refractivity contribution in [3.63, 3.8) is 0 Å². The van der Waals surface area contributed by atoms with E-state index < -0.39 is 22.2 Å². The van der Waals surface area contributed by atoms with Crippen molar-refractivity contribution in [3.8, 4) is 0 Å². The number of aromatic nitrogens is 2. The molecule has 1 amide bonds. The molecule has 0 atom stereocenters. The molecule has 7 nitrogen and oxygen atoms in total. The second-order valence-corrected chi connectivity index (χ2v) is 4.46. The first kappa shape index (κ1) is 14.8. The van der Waals surface area contributed by atoms with E-state index in [1.807, 2.05) is 0 Å². The molecule has 0 aliphatic carbocycles. The van der Waals surface area contributed by atoms with Gasteiger partial charge in [0, 0.05) is 12.1 Å². The molecular formula is C12H8ClFN4O3. The number of nitrogens with zero attached hydrogens (tertiary/aromatic N) is 3. The van der Waals surface area contributed by atoms with Gasteiger partial charge >= 0.3 is 0 Å². The highest BCUT2D eigenvalue weighted by molar-refractivity contribution is 6.29. The molecule has 0 radical (unpaired) electrons. The SMILES string of the molecule is Cc1cc([N+](=O)[O-])cc(C(=O)Nc2ccc(Cl)nn2)c1F. The lowest BCUT2D eigenvalue weighted by molar-refractivity contribution is -0.385. The second-order valence-electron chi connectivity index (χ2n) is 4.08. The number of nitro benzene ring substituents is 1. The zero-order chi connectivity index (χ0) is 15.6. The Bertz CT molecular complexity index is 721. The molecule has 0 fully saturated rings. The van der Waals surface area contributed by atoms with Crippen molar-refractivity contribution in [3.05, 3.63) is 56.5 Å². The maximum Gasteiger partial charge on any atom is 0.270 e. The number of halogens is 2. The van der Waals surface area contributed by atoms with Crippen LogP contribution in [-0.4, -0.2) is 21.0 Å². The Kier molecular flexibility index (Phi) is 4.08. The molecule has 0 bridgehead atoms. The first-order chi connectivity index (χ1) is 9.88. The van der Waals surface area contributed by atoms with E-state index in [0.29, 0.717) is 0 Å². The summed E-state index contributed by atoms with van der Waals surface area (Å²) in [6, 6.07) is 4.67. The molecule has 0 spiro atoms. The molecule has 0 saturated heterocycles. The van der Waals surface area contributed by atoms with E-state index in [1.165, 1.54) is 19.1 Å². The Morgan fingerprint density at radius 1 is 1.38 bits per heavy atom. The van der Waals surface area contributed by atoms with Crippen LogP contribution in [0.1, 0.15) is 15.9 Å². The first-order valence-corrected chi connectivity index (χ1v) is 6.01. The van der Waals surface area contributed by atoms with E-state index in [2.05, 4.69) is 15.5 Å². The number of aryl methyl sites for hydroxylation is 1. The Morgan fingerprint density at radius 2 is 2.10 bits per heavy atom. The molecule has 108 valence electrons. The molecule has 21 heavy (non-hydrogen) atoms. The number of amides is 1. The van der Waals surface area contributed by atoms with Crippen LogP contribution in [-0.2, 0) is 0 Å². The maximum atomic E-state index is 13.9. The van der Waals surface area contributed by atoms with Crippen LogP contribution < -0.4 is 5.32 Å². The average Bonchev–Trinajstić information content (AvgIpc) is 2.43. The lowest BCUT2D eigenvalue weighted by Gasteiger charge is -2.06. The molecule has 0 saturated carbocycles. The Morgan fingerprint density at radius 3 is 2.67 bits per heavy atom. The topological polar surface area (TPSA) is 98.0 Å². The number of nitro groups is 1. The summed E-state index contributed by atoms with van der Waals surface area (Å²) in [4.78, 5) is 22.0. The fourth-order valence-corrected chi connectivity index (χ4v) is 1.69. The largest absolute Gasteiger partial charge is 0.305 e. The van der Waals surface area contributed by atoms with E-state index >= 15 is 0 Å². The number of hydrogen-bond acceptors (Lipinski definition) is 5. The highest BCUT2D eigenvalue weighted by Gasteiger charge is 2.20. The zero-order valence-corrected chi connectivity index (χ0v) is 11.4. The number of carbonyl (C=O) groups is 1. The molecule has 0 unspecified atom stereocenters. The molecule has 0 aliphatic rings. The van der Waals surface area contributed by atoms with Crippen LogP contribution in [0.4, 0.5) is 15.9 Å². The van der Waals surface area contributed by atoms with Crippen LogP contribution in [0.5, 0.6) is 0 Å². The van der Waals surface area contributed by atoms with Crippen molar-refractivity contribution in [1.82, 2.24) is 10.2 Å². The molecule has 1 aromatic heterocycles. The van der Waals surface area contributed by atoms with Crippen molar-refractivity contribution < 1.29 is 14.1 Å². The molecule has 1 aromatic carbocycles. The Balaban J connectivity index is 2.34. The van der Waals surface area contributed by atoms with Crippen molar-refractivity contribution in [2.75, 3.05) is 5.32 Å². The number of anilines is 1. The zero-order valence-electron chi connectivity index (χ0n) is 10.6. The molecule has 0 aliphatic heterocycles. The summed E-state index contributed by atoms with van der Waals surface area (Å²) in [5, 5.41) is 20.3. The summed E-state index contributed by atoms with van der Waals surface area (Å²) in [6.07, 6.45) is 0. The highest BCUT2D eigenvalue weighted by atomic mass is 35.5. The first-order valence-electron chi connectivity index (χ1n) is 5.63. The number of non-ortho nitro benzene ring substituents is 1. The van der Waals surface area contributed by atoms with Gasteiger partial charge in [0.2, 0.25) is 0 Å². The van der Waals surface area contributed by atoms with Gasteiger partial charge in [-0.05, 0) is 24.6 Å². The summed E-state index contributed by atoms with van der Waals surface area (Å²) in [5.74, 6) is -1.65. The van der Waals surface area contributed by atoms with Crippen LogP contribution in [0, 0.1) is 22.9 Å². The number of rotatable bonds is 3. The third-order valence-electron chi connectivity index (χ3n) is 2.57. The third-order valence-corrected chi connectivity index (χ3v) is 2.77. The van der Waals surface area contributed by atoms with Crippen LogP contribution in [0.15, 0.2) is 24.3 Å². The summed E-state index contributed by atoms with van der Waals surface area (Å²) in [6.45, 7) is 1.33. The fraction of sp³-hybridized carbons (Fsp3) is 0.0833. The number of hydrogen-bond donors (Lipinski definition) is 1. The van der Waals surface area contributed by atoms with Crippen LogP contribution in [0.2, 0.25) is 5.15 Å². The van der Waals surface area contributed by atoms with E-state index in [1.54, 1.807) is 0 Å². The monoisotopic (exact) mass is 310 g/mol. The summed E-state index contributed by atoms with van der Waals surface area (Å²) in [5.41, 5.74) is -0.823. The van der Waals surface area contributed by atoms with Gasteiger partial charge in [0.1, 0.15) is 5.82 Å². The van der Waals surface area contributed by atoms with Crippen molar-refractivity contribution >= 4 is 29.0 Å². The Hall–Kier alpha value is -2.61. The van der Waals surface area contributed by atoms with E-state index in [9.17, 15) is 19.3 Å². The molecule has 1 N–H and O–H groups in total. The summed E-state index contributed by atoms with van der Waals surface area (Å²) < 4.78 is 13.9. The molecule has 9 heteroatoms. The van der Waals surface area contributed by atoms with E-state index in [4.69, 9.17) is 11.6 Å². The van der Waals surface area contributed by atoms with Crippen LogP contribution in [0.3, 0.4) is 0 Å². The maximum absolute atomic E-state index is 13.9. The van der Waals surface area contributed by atoms with Crippen molar-refractivity contribution in [1.29, 1.82) is 0 Å². The van der Waals surface area contributed by atoms with Gasteiger partial charge in [-0.2, -0.15) is 0 Å². The smallest absolute Gasteiger partial charge is 0.270 e. The Labute approximate surface area is 122 Å². The minimum atomic E-state index is -0.865. The predicted octanol–water partition coefficient (Wildman–Crippen LogP) is 2.74. The van der Waals surface area contributed by atoms with Gasteiger partial charge < -0.3 is 5.32 Å². The lowest BCUT2D eigenvalue weighted by Crippen LogP contribution is -2.16. The molecule has 1 heterocycles. The lowest BCUT2D eigenvalue weighted by atomic mass is 10.1. The normalized spacial score (nSPS) is 10.2. The van der Waals surface area contributed by atoms with E-state index in [-0.39, 0.29) is 22.2 Å². The number of nitrogens with one attached hydrogen (secondary N) is 1. The van der Waals surface area contributed by atoms with Gasteiger partial charge in [0.25, 0.3) is 11.6 Å². The van der Waals surface area contributed by atoms with Gasteiger partial charge in [-0.1, -0.05) is 11.6 Å². The predicted molar refractivity (Wildman–Crippen MR) is 72.8 cm³/mol. The summed E-state index contributed by atoms with van der Waals surface area (Å²) in [7, 11) is 0.